The largest absolute Gasteiger partial charge is 0.368 e. The number of nitrogens with zero attached hydrogens (tertiary/aromatic N) is 2. The molecule has 0 spiro atoms. The maximum Gasteiger partial charge on any atom is 0.128 e. The fourth-order valence-corrected chi connectivity index (χ4v) is 3.06. The molecule has 1 aliphatic carbocycles. The van der Waals surface area contributed by atoms with Crippen LogP contribution in [0.3, 0.4) is 0 Å². The lowest BCUT2D eigenvalue weighted by molar-refractivity contribution is 0.311. The van der Waals surface area contributed by atoms with Crippen molar-refractivity contribution in [1.82, 2.24) is 4.98 Å². The van der Waals surface area contributed by atoms with Crippen molar-refractivity contribution in [2.75, 3.05) is 11.9 Å². The van der Waals surface area contributed by atoms with Crippen LogP contribution in [0.1, 0.15) is 37.7 Å². The number of nitrogens with one attached hydrogen (secondary N) is 1. The van der Waals surface area contributed by atoms with Crippen LogP contribution < -0.4 is 11.1 Å². The van der Waals surface area contributed by atoms with Crippen LogP contribution in [0.5, 0.6) is 0 Å². The molecule has 0 unspecified atom stereocenters. The molecule has 21 heavy (non-hydrogen) atoms. The van der Waals surface area contributed by atoms with Gasteiger partial charge in [0.05, 0.1) is 17.1 Å². The second-order valence-electron chi connectivity index (χ2n) is 5.96. The third kappa shape index (κ3) is 2.98. The van der Waals surface area contributed by atoms with Crippen molar-refractivity contribution in [1.29, 1.82) is 5.26 Å². The summed E-state index contributed by atoms with van der Waals surface area (Å²) >= 11 is 0. The van der Waals surface area contributed by atoms with Crippen molar-refractivity contribution in [2.24, 2.45) is 5.73 Å². The number of rotatable bonds is 3. The normalized spacial score (nSPS) is 17.3. The number of para-hydroxylation sites is 1. The summed E-state index contributed by atoms with van der Waals surface area (Å²) < 4.78 is 0. The fourth-order valence-electron chi connectivity index (χ4n) is 3.06. The summed E-state index contributed by atoms with van der Waals surface area (Å²) in [4.78, 5) is 4.58. The van der Waals surface area contributed by atoms with Gasteiger partial charge in [-0.05, 0) is 25.0 Å². The molecular formula is C17H20N4. The molecule has 1 aliphatic rings. The number of anilines is 1. The van der Waals surface area contributed by atoms with Crippen molar-refractivity contribution in [3.63, 3.8) is 0 Å². The number of hydrogen-bond donors (Lipinski definition) is 2. The van der Waals surface area contributed by atoms with E-state index < -0.39 is 0 Å². The first-order valence-electron chi connectivity index (χ1n) is 7.53. The first kappa shape index (κ1) is 13.8. The topological polar surface area (TPSA) is 74.7 Å². The van der Waals surface area contributed by atoms with Gasteiger partial charge in [0.25, 0.3) is 0 Å². The highest BCUT2D eigenvalue weighted by atomic mass is 15.0. The maximum atomic E-state index is 9.30. The first-order valence-corrected chi connectivity index (χ1v) is 7.53. The molecule has 0 aliphatic heterocycles. The Hall–Kier alpha value is -2.12. The Labute approximate surface area is 125 Å². The standard InChI is InChI=1S/C17H20N4/c18-11-13-10-16(21-15-7-3-2-6-14(13)15)20-12-17(19)8-4-1-5-9-17/h2-3,6-7,10H,1,4-5,8-9,12,19H2,(H,20,21). The smallest absolute Gasteiger partial charge is 0.128 e. The second-order valence-corrected chi connectivity index (χ2v) is 5.96. The van der Waals surface area contributed by atoms with Gasteiger partial charge in [0, 0.05) is 17.5 Å². The minimum Gasteiger partial charge on any atom is -0.368 e. The van der Waals surface area contributed by atoms with Crippen molar-refractivity contribution < 1.29 is 0 Å². The highest BCUT2D eigenvalue weighted by Gasteiger charge is 2.27. The number of pyridine rings is 1. The Morgan fingerprint density at radius 3 is 2.76 bits per heavy atom. The van der Waals surface area contributed by atoms with E-state index in [1.807, 2.05) is 30.3 Å². The van der Waals surface area contributed by atoms with E-state index in [9.17, 15) is 5.26 Å². The zero-order valence-corrected chi connectivity index (χ0v) is 12.1. The van der Waals surface area contributed by atoms with Crippen molar-refractivity contribution in [2.45, 2.75) is 37.6 Å². The van der Waals surface area contributed by atoms with Crippen molar-refractivity contribution in [3.05, 3.63) is 35.9 Å². The molecule has 0 amide bonds. The van der Waals surface area contributed by atoms with Gasteiger partial charge in [-0.15, -0.1) is 0 Å². The van der Waals surface area contributed by atoms with E-state index in [4.69, 9.17) is 5.73 Å². The van der Waals surface area contributed by atoms with Crippen molar-refractivity contribution in [3.8, 4) is 6.07 Å². The minimum absolute atomic E-state index is 0.140. The maximum absolute atomic E-state index is 9.30. The van der Waals surface area contributed by atoms with Crippen LogP contribution in [0.4, 0.5) is 5.82 Å². The predicted octanol–water partition coefficient (Wildman–Crippen LogP) is 3.18. The summed E-state index contributed by atoms with van der Waals surface area (Å²) in [5.41, 5.74) is 7.79. The molecular weight excluding hydrogens is 260 g/mol. The molecule has 2 aromatic rings. The number of fused-ring (bicyclic) bond motifs is 1. The SMILES string of the molecule is N#Cc1cc(NCC2(N)CCCCC2)nc2ccccc12. The van der Waals surface area contributed by atoms with Crippen molar-refractivity contribution >= 4 is 16.7 Å². The molecule has 1 aromatic carbocycles. The van der Waals surface area contributed by atoms with Gasteiger partial charge in [-0.1, -0.05) is 37.5 Å². The third-order valence-electron chi connectivity index (χ3n) is 4.31. The molecule has 1 aromatic heterocycles. The Bertz CT molecular complexity index is 681. The van der Waals surface area contributed by atoms with Gasteiger partial charge >= 0.3 is 0 Å². The lowest BCUT2D eigenvalue weighted by atomic mass is 9.82. The summed E-state index contributed by atoms with van der Waals surface area (Å²) in [5.74, 6) is 0.737. The molecule has 108 valence electrons. The van der Waals surface area contributed by atoms with E-state index in [1.54, 1.807) is 0 Å². The number of nitrogens with two attached hydrogens (primary N) is 1. The summed E-state index contributed by atoms with van der Waals surface area (Å²) in [6, 6.07) is 11.8. The summed E-state index contributed by atoms with van der Waals surface area (Å²) in [7, 11) is 0. The molecule has 3 N–H and O–H groups in total. The van der Waals surface area contributed by atoms with Gasteiger partial charge < -0.3 is 11.1 Å². The van der Waals surface area contributed by atoms with Crippen LogP contribution in [0.15, 0.2) is 30.3 Å². The number of hydrogen-bond acceptors (Lipinski definition) is 4. The van der Waals surface area contributed by atoms with E-state index in [0.717, 1.165) is 29.6 Å². The van der Waals surface area contributed by atoms with Gasteiger partial charge in [-0.25, -0.2) is 4.98 Å². The zero-order chi connectivity index (χ0) is 14.7. The van der Waals surface area contributed by atoms with E-state index >= 15 is 0 Å². The van der Waals surface area contributed by atoms with Crippen LogP contribution in [0.25, 0.3) is 10.9 Å². The minimum atomic E-state index is -0.140. The average molecular weight is 280 g/mol. The van der Waals surface area contributed by atoms with Gasteiger partial charge in [-0.2, -0.15) is 5.26 Å². The lowest BCUT2D eigenvalue weighted by Crippen LogP contribution is -2.47. The molecule has 0 radical (unpaired) electrons. The summed E-state index contributed by atoms with van der Waals surface area (Å²) in [6.45, 7) is 0.712. The van der Waals surface area contributed by atoms with E-state index in [1.165, 1.54) is 19.3 Å². The highest BCUT2D eigenvalue weighted by molar-refractivity contribution is 5.86. The molecule has 4 nitrogen and oxygen atoms in total. The van der Waals surface area contributed by atoms with Gasteiger partial charge in [0.15, 0.2) is 0 Å². The van der Waals surface area contributed by atoms with E-state index in [0.29, 0.717) is 12.1 Å². The second kappa shape index (κ2) is 5.71. The molecule has 0 atom stereocenters. The summed E-state index contributed by atoms with van der Waals surface area (Å²) in [6.07, 6.45) is 5.79. The lowest BCUT2D eigenvalue weighted by Gasteiger charge is -2.33. The molecule has 1 saturated carbocycles. The highest BCUT2D eigenvalue weighted by Crippen LogP contribution is 2.26. The van der Waals surface area contributed by atoms with E-state index in [-0.39, 0.29) is 5.54 Å². The molecule has 3 rings (SSSR count). The average Bonchev–Trinajstić information content (AvgIpc) is 2.53. The number of benzene rings is 1. The molecule has 1 heterocycles. The van der Waals surface area contributed by atoms with Gasteiger partial charge in [0.1, 0.15) is 5.82 Å². The fraction of sp³-hybridized carbons (Fsp3) is 0.412. The number of nitriles is 1. The van der Waals surface area contributed by atoms with E-state index in [2.05, 4.69) is 16.4 Å². The third-order valence-corrected chi connectivity index (χ3v) is 4.31. The van der Waals surface area contributed by atoms with Crippen LogP contribution in [0.2, 0.25) is 0 Å². The van der Waals surface area contributed by atoms with Crippen LogP contribution in [0, 0.1) is 11.3 Å². The molecule has 0 bridgehead atoms. The molecule has 0 saturated heterocycles. The number of aromatic nitrogens is 1. The zero-order valence-electron chi connectivity index (χ0n) is 12.1. The Morgan fingerprint density at radius 1 is 1.24 bits per heavy atom. The Kier molecular flexibility index (Phi) is 3.76. The quantitative estimate of drug-likeness (QED) is 0.905. The first-order chi connectivity index (χ1) is 10.2. The van der Waals surface area contributed by atoms with Gasteiger partial charge in [-0.3, -0.25) is 0 Å². The molecule has 4 heteroatoms. The van der Waals surface area contributed by atoms with Crippen LogP contribution in [-0.4, -0.2) is 17.1 Å². The predicted molar refractivity (Wildman–Crippen MR) is 85.0 cm³/mol. The molecule has 1 fully saturated rings. The Morgan fingerprint density at radius 2 is 2.00 bits per heavy atom. The Balaban J connectivity index is 1.82. The van der Waals surface area contributed by atoms with Crippen LogP contribution >= 0.6 is 0 Å². The van der Waals surface area contributed by atoms with Gasteiger partial charge in [0.2, 0.25) is 0 Å². The summed E-state index contributed by atoms with van der Waals surface area (Å²) in [5, 5.41) is 13.5. The monoisotopic (exact) mass is 280 g/mol. The van der Waals surface area contributed by atoms with Crippen LogP contribution in [-0.2, 0) is 0 Å².